The van der Waals surface area contributed by atoms with Crippen molar-refractivity contribution < 1.29 is 29.0 Å². The van der Waals surface area contributed by atoms with Crippen molar-refractivity contribution in [1.82, 2.24) is 10.2 Å². The number of carbonyl (C=O) groups is 4. The quantitative estimate of drug-likeness (QED) is 0.335. The minimum Gasteiger partial charge on any atom is -0.336 e. The van der Waals surface area contributed by atoms with Gasteiger partial charge in [0, 0.05) is 12.1 Å². The molecule has 150 valence electrons. The van der Waals surface area contributed by atoms with Crippen molar-refractivity contribution in [3.05, 3.63) is 29.3 Å². The molecule has 3 rings (SSSR count). The van der Waals surface area contributed by atoms with Gasteiger partial charge in [0.05, 0.1) is 11.1 Å². The molecule has 2 heterocycles. The van der Waals surface area contributed by atoms with Crippen molar-refractivity contribution >= 4 is 32.9 Å². The molecule has 1 aromatic carbocycles. The Balaban J connectivity index is 1.86. The van der Waals surface area contributed by atoms with Crippen LogP contribution >= 0.6 is 9.24 Å². The fourth-order valence-corrected chi connectivity index (χ4v) is 3.31. The largest absolute Gasteiger partial charge is 0.336 e. The third kappa shape index (κ3) is 3.54. The second-order valence-corrected chi connectivity index (χ2v) is 8.22. The summed E-state index contributed by atoms with van der Waals surface area (Å²) < 4.78 is 0. The van der Waals surface area contributed by atoms with Crippen LogP contribution in [0.25, 0.3) is 0 Å². The van der Waals surface area contributed by atoms with Crippen LogP contribution in [0.2, 0.25) is 0 Å². The molecule has 28 heavy (non-hydrogen) atoms. The molecular weight excluding hydrogens is 383 g/mol. The number of benzene rings is 1. The van der Waals surface area contributed by atoms with E-state index in [-0.39, 0.29) is 35.4 Å². The first kappa shape index (κ1) is 20.4. The molecule has 0 aliphatic carbocycles. The van der Waals surface area contributed by atoms with Gasteiger partial charge in [-0.15, -0.1) is 9.24 Å². The van der Waals surface area contributed by atoms with Gasteiger partial charge in [0.2, 0.25) is 11.8 Å². The summed E-state index contributed by atoms with van der Waals surface area (Å²) in [5.41, 5.74) is -0.324. The summed E-state index contributed by atoms with van der Waals surface area (Å²) in [4.78, 5) is 61.2. The second kappa shape index (κ2) is 7.60. The number of nitrogens with zero attached hydrogens (tertiary/aromatic N) is 1. The number of carbonyl (C=O) groups excluding carboxylic acids is 4. The van der Waals surface area contributed by atoms with E-state index < -0.39 is 35.3 Å². The summed E-state index contributed by atoms with van der Waals surface area (Å²) >= 11 is 0. The Morgan fingerprint density at radius 1 is 1.25 bits per heavy atom. The number of fused-ring (bicyclic) bond motifs is 1. The van der Waals surface area contributed by atoms with Crippen LogP contribution < -0.4 is 10.2 Å². The van der Waals surface area contributed by atoms with Gasteiger partial charge in [-0.05, 0) is 38.8 Å². The Bertz CT molecular complexity index is 853. The molecule has 0 spiro atoms. The first-order valence-corrected chi connectivity index (χ1v) is 9.80. The molecule has 1 aromatic rings. The zero-order valence-corrected chi connectivity index (χ0v) is 17.1. The Morgan fingerprint density at radius 3 is 2.61 bits per heavy atom. The van der Waals surface area contributed by atoms with Gasteiger partial charge in [0.25, 0.3) is 11.8 Å². The molecule has 9 heteroatoms. The Morgan fingerprint density at radius 2 is 1.96 bits per heavy atom. The van der Waals surface area contributed by atoms with E-state index in [1.165, 1.54) is 12.1 Å². The summed E-state index contributed by atoms with van der Waals surface area (Å²) in [5.74, 6) is -2.17. The third-order valence-electron chi connectivity index (χ3n) is 5.11. The summed E-state index contributed by atoms with van der Waals surface area (Å²) in [6, 6.07) is 3.61. The summed E-state index contributed by atoms with van der Waals surface area (Å²) in [7, 11) is 2.69. The van der Waals surface area contributed by atoms with Crippen LogP contribution in [-0.2, 0) is 14.5 Å². The van der Waals surface area contributed by atoms with E-state index in [1.807, 2.05) is 20.8 Å². The number of imide groups is 2. The third-order valence-corrected chi connectivity index (χ3v) is 6.38. The van der Waals surface area contributed by atoms with Gasteiger partial charge < -0.3 is 4.89 Å². The maximum atomic E-state index is 13.0. The Labute approximate surface area is 165 Å². The fourth-order valence-electron chi connectivity index (χ4n) is 3.26. The molecule has 1 fully saturated rings. The van der Waals surface area contributed by atoms with Crippen LogP contribution in [-0.4, -0.2) is 45.8 Å². The van der Waals surface area contributed by atoms with Crippen LogP contribution in [0.15, 0.2) is 18.2 Å². The van der Waals surface area contributed by atoms with E-state index >= 15 is 0 Å². The minimum atomic E-state index is -1.02. The van der Waals surface area contributed by atoms with E-state index in [0.29, 0.717) is 0 Å². The normalized spacial score (nSPS) is 20.9. The second-order valence-electron chi connectivity index (χ2n) is 7.41. The topological polar surface area (TPSA) is 102 Å². The lowest BCUT2D eigenvalue weighted by Crippen LogP contribution is -2.54. The number of amides is 4. The maximum absolute atomic E-state index is 13.0. The molecule has 0 bridgehead atoms. The standard InChI is InChI=1S/C19H23N2O6P/c1-4-13(28)19(2,3)27-26-12-7-5-6-10-15(12)18(25)21(17(10)24)11-8-9-14(22)20-16(11)23/h5-7,11,13H,4,8-9,28H2,1-3H3,(H,20,22,23). The molecule has 4 amide bonds. The lowest BCUT2D eigenvalue weighted by atomic mass is 10.0. The van der Waals surface area contributed by atoms with Crippen LogP contribution in [0.4, 0.5) is 0 Å². The predicted molar refractivity (Wildman–Crippen MR) is 103 cm³/mol. The molecule has 1 saturated heterocycles. The number of hydrogen-bond acceptors (Lipinski definition) is 6. The van der Waals surface area contributed by atoms with Gasteiger partial charge in [-0.25, -0.2) is 0 Å². The summed E-state index contributed by atoms with van der Waals surface area (Å²) in [5, 5.41) is 2.17. The zero-order chi connectivity index (χ0) is 20.6. The van der Waals surface area contributed by atoms with Gasteiger partial charge in [-0.2, -0.15) is 4.89 Å². The maximum Gasteiger partial charge on any atom is 0.266 e. The molecule has 0 aromatic heterocycles. The fraction of sp³-hybridized carbons (Fsp3) is 0.474. The van der Waals surface area contributed by atoms with Gasteiger partial charge in [0.1, 0.15) is 11.6 Å². The lowest BCUT2D eigenvalue weighted by molar-refractivity contribution is -0.280. The lowest BCUT2D eigenvalue weighted by Gasteiger charge is -2.29. The van der Waals surface area contributed by atoms with Gasteiger partial charge in [-0.1, -0.05) is 13.0 Å². The van der Waals surface area contributed by atoms with Crippen molar-refractivity contribution in [3.63, 3.8) is 0 Å². The van der Waals surface area contributed by atoms with Crippen molar-refractivity contribution in [2.75, 3.05) is 0 Å². The summed E-state index contributed by atoms with van der Waals surface area (Å²) in [6.45, 7) is 5.74. The van der Waals surface area contributed by atoms with Gasteiger partial charge in [0.15, 0.2) is 5.75 Å². The SMILES string of the molecule is CCC(P)C(C)(C)OOc1cccc2c1C(=O)N(C1CCC(=O)NC1=O)C2=O. The zero-order valence-electron chi connectivity index (χ0n) is 16.0. The van der Waals surface area contributed by atoms with E-state index in [9.17, 15) is 19.2 Å². The van der Waals surface area contributed by atoms with Crippen LogP contribution in [0.5, 0.6) is 5.75 Å². The first-order chi connectivity index (χ1) is 13.2. The van der Waals surface area contributed by atoms with E-state index in [2.05, 4.69) is 14.6 Å². The molecule has 3 atom stereocenters. The van der Waals surface area contributed by atoms with E-state index in [0.717, 1.165) is 11.3 Å². The molecule has 2 aliphatic heterocycles. The molecule has 0 saturated carbocycles. The number of hydrogen-bond donors (Lipinski definition) is 1. The molecule has 2 aliphatic rings. The predicted octanol–water partition coefficient (Wildman–Crippen LogP) is 1.83. The molecule has 1 N–H and O–H groups in total. The van der Waals surface area contributed by atoms with Crippen LogP contribution in [0, 0.1) is 0 Å². The van der Waals surface area contributed by atoms with Crippen molar-refractivity contribution in [1.29, 1.82) is 0 Å². The smallest absolute Gasteiger partial charge is 0.266 e. The highest BCUT2D eigenvalue weighted by Gasteiger charge is 2.46. The number of nitrogens with one attached hydrogen (secondary N) is 1. The molecular formula is C19H23N2O6P. The van der Waals surface area contributed by atoms with Crippen LogP contribution in [0.1, 0.15) is 60.7 Å². The highest BCUT2D eigenvalue weighted by molar-refractivity contribution is 7.17. The van der Waals surface area contributed by atoms with Crippen molar-refractivity contribution in [2.24, 2.45) is 0 Å². The highest BCUT2D eigenvalue weighted by atomic mass is 31.0. The average molecular weight is 406 g/mol. The highest BCUT2D eigenvalue weighted by Crippen LogP contribution is 2.35. The van der Waals surface area contributed by atoms with Gasteiger partial charge in [-0.3, -0.25) is 29.4 Å². The monoisotopic (exact) mass is 406 g/mol. The van der Waals surface area contributed by atoms with Crippen LogP contribution in [0.3, 0.4) is 0 Å². The van der Waals surface area contributed by atoms with Crippen molar-refractivity contribution in [3.8, 4) is 5.75 Å². The number of piperidine rings is 1. The van der Waals surface area contributed by atoms with Crippen molar-refractivity contribution in [2.45, 2.75) is 57.3 Å². The molecule has 8 nitrogen and oxygen atoms in total. The first-order valence-electron chi connectivity index (χ1n) is 9.13. The number of rotatable bonds is 6. The molecule has 0 radical (unpaired) electrons. The van der Waals surface area contributed by atoms with E-state index in [4.69, 9.17) is 9.78 Å². The molecule has 3 unspecified atom stereocenters. The minimum absolute atomic E-state index is 0.0600. The summed E-state index contributed by atoms with van der Waals surface area (Å²) in [6.07, 6.45) is 1.01. The average Bonchev–Trinajstić information content (AvgIpc) is 2.91. The Hall–Kier alpha value is -2.31. The van der Waals surface area contributed by atoms with E-state index in [1.54, 1.807) is 6.07 Å². The Kier molecular flexibility index (Phi) is 5.55. The van der Waals surface area contributed by atoms with Gasteiger partial charge >= 0.3 is 0 Å².